The number of nitrogens with zero attached hydrogens (tertiary/aromatic N) is 2. The SMILES string of the molecule is Cc1c2c(c(C)n1C)-c1ccccc1C(C(=O)NC(C)(C)C)N(CCc1ccccc1)C2=O. The highest BCUT2D eigenvalue weighted by Crippen LogP contribution is 2.42. The van der Waals surface area contributed by atoms with E-state index in [0.29, 0.717) is 18.5 Å². The van der Waals surface area contributed by atoms with Crippen LogP contribution in [0.5, 0.6) is 0 Å². The predicted molar refractivity (Wildman–Crippen MR) is 132 cm³/mol. The molecule has 1 aliphatic rings. The molecule has 0 saturated heterocycles. The van der Waals surface area contributed by atoms with E-state index >= 15 is 0 Å². The lowest BCUT2D eigenvalue weighted by molar-refractivity contribution is -0.127. The van der Waals surface area contributed by atoms with E-state index in [4.69, 9.17) is 0 Å². The molecule has 0 bridgehead atoms. The number of hydrogen-bond acceptors (Lipinski definition) is 2. The summed E-state index contributed by atoms with van der Waals surface area (Å²) in [6, 6.07) is 17.4. The van der Waals surface area contributed by atoms with Gasteiger partial charge in [0.15, 0.2) is 0 Å². The van der Waals surface area contributed by atoms with E-state index in [1.807, 2.05) is 84.1 Å². The largest absolute Gasteiger partial charge is 0.351 e. The Morgan fingerprint density at radius 3 is 2.21 bits per heavy atom. The van der Waals surface area contributed by atoms with Crippen molar-refractivity contribution in [3.63, 3.8) is 0 Å². The average Bonchev–Trinajstić information content (AvgIpc) is 2.92. The van der Waals surface area contributed by atoms with Crippen LogP contribution in [0.25, 0.3) is 11.1 Å². The second kappa shape index (κ2) is 8.54. The maximum absolute atomic E-state index is 14.1. The number of aromatic nitrogens is 1. The zero-order valence-corrected chi connectivity index (χ0v) is 20.4. The molecule has 0 spiro atoms. The van der Waals surface area contributed by atoms with Gasteiger partial charge < -0.3 is 14.8 Å². The minimum Gasteiger partial charge on any atom is -0.351 e. The van der Waals surface area contributed by atoms with Gasteiger partial charge in [0.1, 0.15) is 6.04 Å². The third kappa shape index (κ3) is 4.20. The summed E-state index contributed by atoms with van der Waals surface area (Å²) in [4.78, 5) is 29.6. The molecule has 1 N–H and O–H groups in total. The molecule has 0 saturated carbocycles. The van der Waals surface area contributed by atoms with Crippen LogP contribution in [0.15, 0.2) is 54.6 Å². The van der Waals surface area contributed by atoms with Crippen LogP contribution >= 0.6 is 0 Å². The van der Waals surface area contributed by atoms with E-state index < -0.39 is 11.6 Å². The summed E-state index contributed by atoms with van der Waals surface area (Å²) >= 11 is 0. The van der Waals surface area contributed by atoms with Crippen LogP contribution in [0.2, 0.25) is 0 Å². The van der Waals surface area contributed by atoms with E-state index in [9.17, 15) is 9.59 Å². The average molecular weight is 444 g/mol. The third-order valence-corrected chi connectivity index (χ3v) is 6.52. The molecule has 4 rings (SSSR count). The maximum atomic E-state index is 14.1. The molecule has 2 aromatic carbocycles. The number of fused-ring (bicyclic) bond motifs is 3. The number of carbonyl (C=O) groups excluding carboxylic acids is 2. The Hall–Kier alpha value is -3.34. The monoisotopic (exact) mass is 443 g/mol. The molecular weight excluding hydrogens is 410 g/mol. The van der Waals surface area contributed by atoms with Gasteiger partial charge in [-0.05, 0) is 57.7 Å². The van der Waals surface area contributed by atoms with Crippen molar-refractivity contribution >= 4 is 11.8 Å². The Morgan fingerprint density at radius 2 is 1.55 bits per heavy atom. The van der Waals surface area contributed by atoms with Gasteiger partial charge in [-0.25, -0.2) is 0 Å². The van der Waals surface area contributed by atoms with E-state index in [1.165, 1.54) is 0 Å². The molecule has 0 fully saturated rings. The van der Waals surface area contributed by atoms with Gasteiger partial charge in [-0.2, -0.15) is 0 Å². The van der Waals surface area contributed by atoms with Gasteiger partial charge in [-0.3, -0.25) is 9.59 Å². The van der Waals surface area contributed by atoms with E-state index in [2.05, 4.69) is 22.0 Å². The van der Waals surface area contributed by atoms with Crippen molar-refractivity contribution in [3.05, 3.63) is 82.7 Å². The molecule has 5 nitrogen and oxygen atoms in total. The van der Waals surface area contributed by atoms with Gasteiger partial charge in [-0.15, -0.1) is 0 Å². The molecule has 3 aromatic rings. The molecule has 1 unspecified atom stereocenters. The predicted octanol–water partition coefficient (Wildman–Crippen LogP) is 4.96. The number of carbonyl (C=O) groups is 2. The second-order valence-electron chi connectivity index (χ2n) is 9.94. The number of rotatable bonds is 4. The first-order chi connectivity index (χ1) is 15.6. The summed E-state index contributed by atoms with van der Waals surface area (Å²) in [6.07, 6.45) is 0.675. The standard InChI is InChI=1S/C28H33N3O2/c1-18-23-21-14-10-11-15-22(21)25(26(32)29-28(3,4)5)31(17-16-20-12-8-7-9-13-20)27(33)24(23)19(2)30(18)6/h7-15,25H,16-17H2,1-6H3,(H,29,32). The number of amides is 2. The van der Waals surface area contributed by atoms with Crippen LogP contribution in [-0.2, 0) is 18.3 Å². The fourth-order valence-corrected chi connectivity index (χ4v) is 4.78. The molecule has 1 atom stereocenters. The highest BCUT2D eigenvalue weighted by atomic mass is 16.2. The first kappa shape index (κ1) is 22.8. The summed E-state index contributed by atoms with van der Waals surface area (Å²) in [7, 11) is 1.99. The Balaban J connectivity index is 1.90. The zero-order valence-electron chi connectivity index (χ0n) is 20.4. The zero-order chi connectivity index (χ0) is 23.9. The normalized spacial score (nSPS) is 15.6. The summed E-state index contributed by atoms with van der Waals surface area (Å²) in [6.45, 7) is 10.4. The highest BCUT2D eigenvalue weighted by molar-refractivity contribution is 6.07. The van der Waals surface area contributed by atoms with Gasteiger partial charge in [0, 0.05) is 36.1 Å². The van der Waals surface area contributed by atoms with Crippen molar-refractivity contribution < 1.29 is 9.59 Å². The topological polar surface area (TPSA) is 54.3 Å². The fraction of sp³-hybridized carbons (Fsp3) is 0.357. The van der Waals surface area contributed by atoms with Crippen LogP contribution < -0.4 is 5.32 Å². The lowest BCUT2D eigenvalue weighted by Crippen LogP contribution is -2.49. The van der Waals surface area contributed by atoms with Crippen LogP contribution in [0.1, 0.15) is 59.7 Å². The van der Waals surface area contributed by atoms with Crippen molar-refractivity contribution in [1.82, 2.24) is 14.8 Å². The Morgan fingerprint density at radius 1 is 0.939 bits per heavy atom. The van der Waals surface area contributed by atoms with Gasteiger partial charge in [0.2, 0.25) is 5.91 Å². The molecule has 2 amide bonds. The minimum absolute atomic E-state index is 0.0904. The maximum Gasteiger partial charge on any atom is 0.257 e. The van der Waals surface area contributed by atoms with Crippen molar-refractivity contribution in [2.45, 2.75) is 52.6 Å². The summed E-state index contributed by atoms with van der Waals surface area (Å²) < 4.78 is 2.07. The van der Waals surface area contributed by atoms with Crippen molar-refractivity contribution in [3.8, 4) is 11.1 Å². The first-order valence-electron chi connectivity index (χ1n) is 11.5. The van der Waals surface area contributed by atoms with E-state index in [-0.39, 0.29) is 11.8 Å². The molecule has 0 radical (unpaired) electrons. The van der Waals surface area contributed by atoms with Crippen LogP contribution in [0.4, 0.5) is 0 Å². The summed E-state index contributed by atoms with van der Waals surface area (Å²) in [5.74, 6) is -0.242. The lowest BCUT2D eigenvalue weighted by Gasteiger charge is -2.33. The first-order valence-corrected chi connectivity index (χ1v) is 11.5. The number of hydrogen-bond donors (Lipinski definition) is 1. The Labute approximate surface area is 196 Å². The van der Waals surface area contributed by atoms with E-state index in [0.717, 1.165) is 33.6 Å². The molecule has 1 aliphatic heterocycles. The third-order valence-electron chi connectivity index (χ3n) is 6.52. The Kier molecular flexibility index (Phi) is 5.91. The molecule has 172 valence electrons. The van der Waals surface area contributed by atoms with Gasteiger partial charge >= 0.3 is 0 Å². The molecule has 0 aliphatic carbocycles. The Bertz CT molecular complexity index is 1200. The van der Waals surface area contributed by atoms with Gasteiger partial charge in [0.25, 0.3) is 5.91 Å². The van der Waals surface area contributed by atoms with Crippen LogP contribution in [-0.4, -0.2) is 33.4 Å². The molecule has 1 aromatic heterocycles. The summed E-state index contributed by atoms with van der Waals surface area (Å²) in [5.41, 5.74) is 6.14. The second-order valence-corrected chi connectivity index (χ2v) is 9.94. The summed E-state index contributed by atoms with van der Waals surface area (Å²) in [5, 5.41) is 3.13. The van der Waals surface area contributed by atoms with Crippen LogP contribution in [0.3, 0.4) is 0 Å². The van der Waals surface area contributed by atoms with Crippen molar-refractivity contribution in [1.29, 1.82) is 0 Å². The van der Waals surface area contributed by atoms with Crippen molar-refractivity contribution in [2.24, 2.45) is 7.05 Å². The number of nitrogens with one attached hydrogen (secondary N) is 1. The minimum atomic E-state index is -0.701. The highest BCUT2D eigenvalue weighted by Gasteiger charge is 2.40. The molecule has 5 heteroatoms. The van der Waals surface area contributed by atoms with E-state index in [1.54, 1.807) is 4.90 Å². The number of benzene rings is 2. The van der Waals surface area contributed by atoms with Crippen molar-refractivity contribution in [2.75, 3.05) is 6.54 Å². The lowest BCUT2D eigenvalue weighted by atomic mass is 9.93. The smallest absolute Gasteiger partial charge is 0.257 e. The quantitative estimate of drug-likeness (QED) is 0.619. The molecule has 2 heterocycles. The molecular formula is C28H33N3O2. The fourth-order valence-electron chi connectivity index (χ4n) is 4.78. The van der Waals surface area contributed by atoms with Crippen LogP contribution in [0, 0.1) is 13.8 Å². The van der Waals surface area contributed by atoms with Gasteiger partial charge in [0.05, 0.1) is 5.56 Å². The molecule has 33 heavy (non-hydrogen) atoms. The van der Waals surface area contributed by atoms with Gasteiger partial charge in [-0.1, -0.05) is 54.6 Å².